The van der Waals surface area contributed by atoms with Crippen LogP contribution in [0.4, 0.5) is 4.79 Å². The monoisotopic (exact) mass is 1060 g/mol. The molecule has 0 spiro atoms. The van der Waals surface area contributed by atoms with Gasteiger partial charge in [0.25, 0.3) is 0 Å². The van der Waals surface area contributed by atoms with Gasteiger partial charge in [0, 0.05) is 44.7 Å². The first kappa shape index (κ1) is 61.6. The lowest BCUT2D eigenvalue weighted by molar-refractivity contribution is -0.156. The molecule has 0 radical (unpaired) electrons. The van der Waals surface area contributed by atoms with Crippen LogP contribution >= 0.6 is 0 Å². The van der Waals surface area contributed by atoms with Crippen LogP contribution in [0.5, 0.6) is 0 Å². The number of nitrogens with one attached hydrogen (secondary N) is 6. The van der Waals surface area contributed by atoms with E-state index in [9.17, 15) is 63.0 Å². The van der Waals surface area contributed by atoms with Gasteiger partial charge >= 0.3 is 35.9 Å². The fourth-order valence-electron chi connectivity index (χ4n) is 7.58. The second-order valence-electron chi connectivity index (χ2n) is 18.3. The maximum Gasteiger partial charge on any atom is 0.407 e. The van der Waals surface area contributed by atoms with Crippen molar-refractivity contribution in [2.24, 2.45) is 0 Å². The molecule has 4 unspecified atom stereocenters. The average molecular weight is 1060 g/mol. The molecule has 2 aromatic carbocycles. The van der Waals surface area contributed by atoms with Crippen LogP contribution in [-0.4, -0.2) is 162 Å². The Balaban J connectivity index is 1.46. The van der Waals surface area contributed by atoms with Crippen LogP contribution in [0.1, 0.15) is 108 Å². The van der Waals surface area contributed by atoms with Gasteiger partial charge in [-0.05, 0) is 81.5 Å². The SMILES string of the molecule is CC(C)(C)OC(=O)CCC(=O)NC(CCCCNC(=O)OCC1c2ccccc2-c2ccccc21)C(=O)NCCOCCOCC(=O)NC(CCC(=O)NC(CCC(=O)O)C(=O)O)C(=O)NC(CCC(=O)O)C(=O)O. The standard InChI is InChI=1S/C50H68N6O19/c1-50(2,3)75-44(64)22-19-40(58)53-35(14-8-9-23-52-49(71)74-28-34-32-12-6-4-10-30(32)31-11-5-7-13-33(31)34)45(65)51-24-25-72-26-27-73-29-41(59)54-36(46(66)56-38(48(69)70)17-21-43(62)63)15-18-39(57)55-37(47(67)68)16-20-42(60)61/h4-7,10-13,34-38H,8-9,14-29H2,1-3H3,(H,51,65)(H,52,71)(H,53,58)(H,54,59)(H,55,57)(H,56,66)(H,60,61)(H,62,63)(H,67,68)(H,69,70). The van der Waals surface area contributed by atoms with Crippen molar-refractivity contribution in [3.05, 3.63) is 59.7 Å². The number of unbranched alkanes of at least 4 members (excludes halogenated alkanes) is 1. The normalized spacial score (nSPS) is 13.3. The first-order chi connectivity index (χ1) is 35.5. The summed E-state index contributed by atoms with van der Waals surface area (Å²) in [6, 6.07) is 10.0. The molecule has 0 aromatic heterocycles. The van der Waals surface area contributed by atoms with Gasteiger partial charge in [0.2, 0.25) is 29.5 Å². The Morgan fingerprint density at radius 3 is 1.64 bits per heavy atom. The Kier molecular flexibility index (Phi) is 26.1. The highest BCUT2D eigenvalue weighted by atomic mass is 16.6. The van der Waals surface area contributed by atoms with E-state index in [1.165, 1.54) is 0 Å². The molecule has 0 fully saturated rings. The predicted molar refractivity (Wildman–Crippen MR) is 263 cm³/mol. The fraction of sp³-hybridized carbons (Fsp3) is 0.540. The third kappa shape index (κ3) is 23.8. The number of esters is 1. The van der Waals surface area contributed by atoms with E-state index >= 15 is 0 Å². The summed E-state index contributed by atoms with van der Waals surface area (Å²) in [5, 5.41) is 51.3. The summed E-state index contributed by atoms with van der Waals surface area (Å²) in [7, 11) is 0. The van der Waals surface area contributed by atoms with E-state index in [-0.39, 0.29) is 64.7 Å². The van der Waals surface area contributed by atoms with Crippen molar-refractivity contribution in [3.63, 3.8) is 0 Å². The number of carbonyl (C=O) groups excluding carboxylic acids is 7. The minimum absolute atomic E-state index is 0.0200. The van der Waals surface area contributed by atoms with Crippen molar-refractivity contribution in [1.29, 1.82) is 0 Å². The van der Waals surface area contributed by atoms with E-state index in [2.05, 4.69) is 31.9 Å². The molecule has 1 aliphatic rings. The molecule has 2 aromatic rings. The highest BCUT2D eigenvalue weighted by Crippen LogP contribution is 2.44. The van der Waals surface area contributed by atoms with Gasteiger partial charge < -0.3 is 71.3 Å². The van der Waals surface area contributed by atoms with E-state index in [1.54, 1.807) is 20.8 Å². The van der Waals surface area contributed by atoms with Crippen molar-refractivity contribution < 1.29 is 92.1 Å². The molecule has 0 aliphatic heterocycles. The molecule has 6 amide bonds. The number of hydrogen-bond acceptors (Lipinski definition) is 15. The number of hydrogen-bond donors (Lipinski definition) is 10. The van der Waals surface area contributed by atoms with Crippen molar-refractivity contribution in [2.45, 2.75) is 127 Å². The highest BCUT2D eigenvalue weighted by molar-refractivity contribution is 5.92. The second kappa shape index (κ2) is 31.8. The lowest BCUT2D eigenvalue weighted by atomic mass is 9.98. The van der Waals surface area contributed by atoms with Crippen LogP contribution in [0.25, 0.3) is 11.1 Å². The Morgan fingerprint density at radius 2 is 1.05 bits per heavy atom. The molecule has 0 saturated heterocycles. The molecule has 25 nitrogen and oxygen atoms in total. The van der Waals surface area contributed by atoms with Crippen molar-refractivity contribution in [3.8, 4) is 11.1 Å². The van der Waals surface area contributed by atoms with Crippen molar-refractivity contribution in [1.82, 2.24) is 31.9 Å². The van der Waals surface area contributed by atoms with Gasteiger partial charge in [0.05, 0.1) is 26.2 Å². The number of alkyl carbamates (subject to hydrolysis) is 1. The Hall–Kier alpha value is -7.67. The van der Waals surface area contributed by atoms with Crippen LogP contribution in [0.2, 0.25) is 0 Å². The van der Waals surface area contributed by atoms with Crippen LogP contribution < -0.4 is 31.9 Å². The van der Waals surface area contributed by atoms with Gasteiger partial charge in [0.15, 0.2) is 0 Å². The summed E-state index contributed by atoms with van der Waals surface area (Å²) in [6.45, 7) is 4.45. The Bertz CT molecular complexity index is 2270. The van der Waals surface area contributed by atoms with E-state index < -0.39 is 140 Å². The number of ether oxygens (including phenoxy) is 4. The zero-order valence-corrected chi connectivity index (χ0v) is 42.1. The molecule has 412 valence electrons. The Labute approximate surface area is 432 Å². The topological polar surface area (TPSA) is 378 Å². The summed E-state index contributed by atoms with van der Waals surface area (Å²) in [4.78, 5) is 135. The van der Waals surface area contributed by atoms with Gasteiger partial charge in [-0.2, -0.15) is 0 Å². The summed E-state index contributed by atoms with van der Waals surface area (Å²) < 4.78 is 21.7. The molecule has 10 N–H and O–H groups in total. The van der Waals surface area contributed by atoms with Gasteiger partial charge in [0.1, 0.15) is 43.0 Å². The molecule has 0 heterocycles. The van der Waals surface area contributed by atoms with Crippen molar-refractivity contribution in [2.75, 3.05) is 46.1 Å². The number of carboxylic acid groups (broad SMARTS) is 4. The van der Waals surface area contributed by atoms with Gasteiger partial charge in [-0.3, -0.25) is 38.4 Å². The number of rotatable bonds is 35. The molecular formula is C50H68N6O19. The van der Waals surface area contributed by atoms with Crippen LogP contribution in [0.15, 0.2) is 48.5 Å². The van der Waals surface area contributed by atoms with Gasteiger partial charge in [-0.15, -0.1) is 0 Å². The summed E-state index contributed by atoms with van der Waals surface area (Å²) in [5.41, 5.74) is 3.59. The highest BCUT2D eigenvalue weighted by Gasteiger charge is 2.31. The first-order valence-corrected chi connectivity index (χ1v) is 24.4. The summed E-state index contributed by atoms with van der Waals surface area (Å²) in [6.07, 6.45) is -3.30. The molecular weight excluding hydrogens is 989 g/mol. The van der Waals surface area contributed by atoms with Crippen LogP contribution in [0.3, 0.4) is 0 Å². The van der Waals surface area contributed by atoms with E-state index in [1.807, 2.05) is 48.5 Å². The third-order valence-electron chi connectivity index (χ3n) is 11.2. The van der Waals surface area contributed by atoms with Crippen molar-refractivity contribution >= 4 is 65.5 Å². The van der Waals surface area contributed by atoms with E-state index in [0.29, 0.717) is 12.8 Å². The zero-order chi connectivity index (χ0) is 55.5. The number of carbonyl (C=O) groups is 11. The number of benzene rings is 2. The molecule has 1 aliphatic carbocycles. The lowest BCUT2D eigenvalue weighted by Gasteiger charge is -2.22. The van der Waals surface area contributed by atoms with Crippen LogP contribution in [0, 0.1) is 0 Å². The minimum atomic E-state index is -1.69. The predicted octanol–water partition coefficient (Wildman–Crippen LogP) is 1.58. The maximum atomic E-state index is 13.3. The van der Waals surface area contributed by atoms with Crippen LogP contribution in [-0.2, 0) is 66.9 Å². The number of fused-ring (bicyclic) bond motifs is 3. The number of amides is 6. The number of carboxylic acids is 4. The molecule has 0 saturated carbocycles. The third-order valence-corrected chi connectivity index (χ3v) is 11.2. The second-order valence-corrected chi connectivity index (χ2v) is 18.3. The average Bonchev–Trinajstić information content (AvgIpc) is 3.66. The van der Waals surface area contributed by atoms with Gasteiger partial charge in [-0.25, -0.2) is 14.4 Å². The minimum Gasteiger partial charge on any atom is -0.481 e. The van der Waals surface area contributed by atoms with Gasteiger partial charge in [-0.1, -0.05) is 48.5 Å². The smallest absolute Gasteiger partial charge is 0.407 e. The molecule has 25 heteroatoms. The quantitative estimate of drug-likeness (QED) is 0.0346. The zero-order valence-electron chi connectivity index (χ0n) is 42.1. The molecule has 3 rings (SSSR count). The summed E-state index contributed by atoms with van der Waals surface area (Å²) in [5.74, 6) is -10.5. The van der Waals surface area contributed by atoms with E-state index in [4.69, 9.17) is 29.2 Å². The maximum absolute atomic E-state index is 13.3. The Morgan fingerprint density at radius 1 is 0.533 bits per heavy atom. The molecule has 0 bridgehead atoms. The van der Waals surface area contributed by atoms with E-state index in [0.717, 1.165) is 22.3 Å². The number of aliphatic carboxylic acids is 4. The molecule has 75 heavy (non-hydrogen) atoms. The fourth-order valence-corrected chi connectivity index (χ4v) is 7.58. The lowest BCUT2D eigenvalue weighted by Crippen LogP contribution is -2.52. The summed E-state index contributed by atoms with van der Waals surface area (Å²) >= 11 is 0. The largest absolute Gasteiger partial charge is 0.481 e. The first-order valence-electron chi connectivity index (χ1n) is 24.4. The molecule has 4 atom stereocenters.